The lowest BCUT2D eigenvalue weighted by Crippen LogP contribution is -2.48. The van der Waals surface area contributed by atoms with Gasteiger partial charge in [0.2, 0.25) is 5.91 Å². The van der Waals surface area contributed by atoms with Crippen LogP contribution in [0.1, 0.15) is 6.42 Å². The largest absolute Gasteiger partial charge is 0.411 e. The molecule has 1 aliphatic heterocycles. The summed E-state index contributed by atoms with van der Waals surface area (Å²) in [4.78, 5) is 16.3. The molecule has 0 aliphatic carbocycles. The van der Waals surface area contributed by atoms with E-state index in [4.69, 9.17) is 0 Å². The molecule has 1 amide bonds. The molecule has 0 spiro atoms. The van der Waals surface area contributed by atoms with Gasteiger partial charge in [0.15, 0.2) is 0 Å². The predicted octanol–water partition coefficient (Wildman–Crippen LogP) is 2.21. The van der Waals surface area contributed by atoms with Gasteiger partial charge in [0.05, 0.1) is 6.54 Å². The van der Waals surface area contributed by atoms with Crippen molar-refractivity contribution in [3.63, 3.8) is 0 Å². The van der Waals surface area contributed by atoms with Gasteiger partial charge >= 0.3 is 6.18 Å². The van der Waals surface area contributed by atoms with Crippen molar-refractivity contribution in [3.05, 3.63) is 30.3 Å². The number of halogens is 3. The predicted molar refractivity (Wildman–Crippen MR) is 89.4 cm³/mol. The Hall–Kier alpha value is -1.64. The van der Waals surface area contributed by atoms with Crippen LogP contribution in [-0.4, -0.2) is 74.4 Å². The van der Waals surface area contributed by atoms with Gasteiger partial charge in [-0.3, -0.25) is 9.69 Å². The number of carbonyl (C=O) groups is 1. The first kappa shape index (κ1) is 19.7. The van der Waals surface area contributed by atoms with Crippen LogP contribution >= 0.6 is 0 Å². The van der Waals surface area contributed by atoms with Crippen LogP contribution in [0, 0.1) is 0 Å². The highest BCUT2D eigenvalue weighted by Gasteiger charge is 2.27. The van der Waals surface area contributed by atoms with Crippen molar-refractivity contribution in [2.45, 2.75) is 12.6 Å². The number of para-hydroxylation sites is 1. The number of anilines is 1. The highest BCUT2D eigenvalue weighted by Crippen LogP contribution is 2.14. The highest BCUT2D eigenvalue weighted by atomic mass is 19.4. The van der Waals surface area contributed by atoms with E-state index < -0.39 is 12.8 Å². The topological polar surface area (TPSA) is 44.8 Å². The zero-order valence-electron chi connectivity index (χ0n) is 14.1. The molecule has 0 aromatic heterocycles. The first-order valence-electron chi connectivity index (χ1n) is 8.36. The van der Waals surface area contributed by atoms with Crippen molar-refractivity contribution in [2.75, 3.05) is 57.8 Å². The van der Waals surface area contributed by atoms with E-state index in [9.17, 15) is 18.0 Å². The lowest BCUT2D eigenvalue weighted by Gasteiger charge is -2.34. The number of piperazine rings is 1. The summed E-state index contributed by atoms with van der Waals surface area (Å²) in [5, 5.41) is 2.86. The maximum absolute atomic E-state index is 12.0. The maximum atomic E-state index is 12.0. The standard InChI is InChI=1S/C17H24F3N3O2/c18-17(19,20)14-25-12-4-7-22-8-10-23(11-9-22)13-16(24)21-15-5-2-1-3-6-15/h1-3,5-6H,4,7-14H2,(H,21,24). The van der Waals surface area contributed by atoms with Gasteiger partial charge in [-0.15, -0.1) is 0 Å². The summed E-state index contributed by atoms with van der Waals surface area (Å²) >= 11 is 0. The molecule has 2 rings (SSSR count). The minimum absolute atomic E-state index is 0.0415. The van der Waals surface area contributed by atoms with Gasteiger partial charge in [-0.1, -0.05) is 18.2 Å². The molecule has 8 heteroatoms. The second-order valence-electron chi connectivity index (χ2n) is 6.05. The summed E-state index contributed by atoms with van der Waals surface area (Å²) in [6.45, 7) is 3.13. The van der Waals surface area contributed by atoms with Crippen molar-refractivity contribution in [1.82, 2.24) is 9.80 Å². The number of ether oxygens (including phenoxy) is 1. The summed E-state index contributed by atoms with van der Waals surface area (Å²) in [6, 6.07) is 9.32. The van der Waals surface area contributed by atoms with E-state index in [1.807, 2.05) is 30.3 Å². The van der Waals surface area contributed by atoms with E-state index in [1.54, 1.807) is 0 Å². The fraction of sp³-hybridized carbons (Fsp3) is 0.588. The average molecular weight is 359 g/mol. The van der Waals surface area contributed by atoms with Gasteiger partial charge in [0, 0.05) is 45.0 Å². The third-order valence-electron chi connectivity index (χ3n) is 3.92. The summed E-state index contributed by atoms with van der Waals surface area (Å²) in [6.07, 6.45) is -3.68. The number of benzene rings is 1. The number of alkyl halides is 3. The molecule has 140 valence electrons. The number of carbonyl (C=O) groups excluding carboxylic acids is 1. The Morgan fingerprint density at radius 2 is 1.72 bits per heavy atom. The van der Waals surface area contributed by atoms with Crippen LogP contribution in [0.5, 0.6) is 0 Å². The zero-order chi connectivity index (χ0) is 18.1. The van der Waals surface area contributed by atoms with Crippen LogP contribution in [0.15, 0.2) is 30.3 Å². The molecule has 1 N–H and O–H groups in total. The monoisotopic (exact) mass is 359 g/mol. The molecular formula is C17H24F3N3O2. The van der Waals surface area contributed by atoms with Crippen LogP contribution in [0.25, 0.3) is 0 Å². The summed E-state index contributed by atoms with van der Waals surface area (Å²) in [5.41, 5.74) is 0.782. The quantitative estimate of drug-likeness (QED) is 0.723. The highest BCUT2D eigenvalue weighted by molar-refractivity contribution is 5.92. The lowest BCUT2D eigenvalue weighted by molar-refractivity contribution is -0.174. The van der Waals surface area contributed by atoms with E-state index in [1.165, 1.54) is 0 Å². The summed E-state index contributed by atoms with van der Waals surface area (Å²) < 4.78 is 40.5. The second-order valence-corrected chi connectivity index (χ2v) is 6.05. The van der Waals surface area contributed by atoms with E-state index in [0.29, 0.717) is 19.5 Å². The molecule has 5 nitrogen and oxygen atoms in total. The van der Waals surface area contributed by atoms with E-state index in [-0.39, 0.29) is 12.5 Å². The Morgan fingerprint density at radius 1 is 1.08 bits per heavy atom. The number of nitrogens with zero attached hydrogens (tertiary/aromatic N) is 2. The lowest BCUT2D eigenvalue weighted by atomic mass is 10.3. The minimum atomic E-state index is -4.26. The minimum Gasteiger partial charge on any atom is -0.372 e. The fourth-order valence-corrected chi connectivity index (χ4v) is 2.67. The fourth-order valence-electron chi connectivity index (χ4n) is 2.67. The van der Waals surface area contributed by atoms with Crippen molar-refractivity contribution in [1.29, 1.82) is 0 Å². The van der Waals surface area contributed by atoms with Crippen molar-refractivity contribution < 1.29 is 22.7 Å². The van der Waals surface area contributed by atoms with Crippen LogP contribution in [0.2, 0.25) is 0 Å². The zero-order valence-corrected chi connectivity index (χ0v) is 14.1. The van der Waals surface area contributed by atoms with Gasteiger partial charge in [0.1, 0.15) is 6.61 Å². The van der Waals surface area contributed by atoms with Crippen LogP contribution < -0.4 is 5.32 Å². The molecule has 0 bridgehead atoms. The second kappa shape index (κ2) is 9.74. The number of rotatable bonds is 8. The molecule has 0 atom stereocenters. The molecule has 1 saturated heterocycles. The van der Waals surface area contributed by atoms with Gasteiger partial charge < -0.3 is 15.0 Å². The normalized spacial score (nSPS) is 16.8. The molecular weight excluding hydrogens is 335 g/mol. The van der Waals surface area contributed by atoms with E-state index in [2.05, 4.69) is 19.9 Å². The molecule has 25 heavy (non-hydrogen) atoms. The third-order valence-corrected chi connectivity index (χ3v) is 3.92. The molecule has 1 aliphatic rings. The van der Waals surface area contributed by atoms with Crippen LogP contribution in [-0.2, 0) is 9.53 Å². The summed E-state index contributed by atoms with van der Waals surface area (Å²) in [5.74, 6) is -0.0415. The first-order chi connectivity index (χ1) is 11.9. The van der Waals surface area contributed by atoms with Crippen LogP contribution in [0.4, 0.5) is 18.9 Å². The smallest absolute Gasteiger partial charge is 0.372 e. The Kier molecular flexibility index (Phi) is 7.67. The third kappa shape index (κ3) is 8.33. The first-order valence-corrected chi connectivity index (χ1v) is 8.36. The van der Waals surface area contributed by atoms with E-state index >= 15 is 0 Å². The number of amides is 1. The van der Waals surface area contributed by atoms with Gasteiger partial charge in [-0.25, -0.2) is 0 Å². The number of nitrogens with one attached hydrogen (secondary N) is 1. The van der Waals surface area contributed by atoms with Gasteiger partial charge in [-0.2, -0.15) is 13.2 Å². The van der Waals surface area contributed by atoms with Crippen LogP contribution in [0.3, 0.4) is 0 Å². The number of hydrogen-bond acceptors (Lipinski definition) is 4. The average Bonchev–Trinajstić information content (AvgIpc) is 2.56. The molecule has 1 heterocycles. The Bertz CT molecular complexity index is 518. The molecule has 1 fully saturated rings. The molecule has 1 aromatic carbocycles. The van der Waals surface area contributed by atoms with Crippen molar-refractivity contribution in [2.24, 2.45) is 0 Å². The van der Waals surface area contributed by atoms with Gasteiger partial charge in [0.25, 0.3) is 0 Å². The van der Waals surface area contributed by atoms with Crippen molar-refractivity contribution >= 4 is 11.6 Å². The SMILES string of the molecule is O=C(CN1CCN(CCCOCC(F)(F)F)CC1)Nc1ccccc1. The number of hydrogen-bond donors (Lipinski definition) is 1. The molecule has 0 unspecified atom stereocenters. The Balaban J connectivity index is 1.56. The van der Waals surface area contributed by atoms with Gasteiger partial charge in [-0.05, 0) is 18.6 Å². The van der Waals surface area contributed by atoms with E-state index in [0.717, 1.165) is 31.9 Å². The van der Waals surface area contributed by atoms with Crippen molar-refractivity contribution in [3.8, 4) is 0 Å². The maximum Gasteiger partial charge on any atom is 0.411 e. The Morgan fingerprint density at radius 3 is 2.36 bits per heavy atom. The molecule has 1 aromatic rings. The molecule has 0 saturated carbocycles. The summed E-state index contributed by atoms with van der Waals surface area (Å²) in [7, 11) is 0. The Labute approximate surface area is 145 Å². The molecule has 0 radical (unpaired) electrons.